The fourth-order valence-electron chi connectivity index (χ4n) is 2.88. The standard InChI is InChI=1S/C15H25N3O/c1-4-18-7-5-6-13(18)11-17(2)14-8-12(16)9-15(10-14)19-3/h8-10,13H,4-7,11,16H2,1-3H3. The molecule has 1 aromatic carbocycles. The van der Waals surface area contributed by atoms with Gasteiger partial charge in [0.25, 0.3) is 0 Å². The molecular formula is C15H25N3O. The molecule has 0 bridgehead atoms. The Kier molecular flexibility index (Phi) is 4.53. The monoisotopic (exact) mass is 263 g/mol. The molecule has 0 aromatic heterocycles. The lowest BCUT2D eigenvalue weighted by molar-refractivity contribution is 0.270. The SMILES string of the molecule is CCN1CCCC1CN(C)c1cc(N)cc(OC)c1. The summed E-state index contributed by atoms with van der Waals surface area (Å²) in [5.74, 6) is 0.820. The number of rotatable bonds is 5. The number of methoxy groups -OCH3 is 1. The van der Waals surface area contributed by atoms with Crippen molar-refractivity contribution in [2.45, 2.75) is 25.8 Å². The lowest BCUT2D eigenvalue weighted by atomic mass is 10.2. The third kappa shape index (κ3) is 3.32. The lowest BCUT2D eigenvalue weighted by Crippen LogP contribution is -2.38. The van der Waals surface area contributed by atoms with E-state index in [1.54, 1.807) is 7.11 Å². The molecule has 1 atom stereocenters. The van der Waals surface area contributed by atoms with E-state index in [0.29, 0.717) is 6.04 Å². The number of nitrogens with zero attached hydrogens (tertiary/aromatic N) is 2. The first-order valence-electron chi connectivity index (χ1n) is 7.03. The van der Waals surface area contributed by atoms with Crippen LogP contribution in [0.4, 0.5) is 11.4 Å². The smallest absolute Gasteiger partial charge is 0.122 e. The minimum Gasteiger partial charge on any atom is -0.497 e. The van der Waals surface area contributed by atoms with Crippen LogP contribution in [-0.4, -0.2) is 44.7 Å². The molecule has 1 unspecified atom stereocenters. The fourth-order valence-corrected chi connectivity index (χ4v) is 2.88. The van der Waals surface area contributed by atoms with E-state index in [1.807, 2.05) is 18.2 Å². The van der Waals surface area contributed by atoms with Gasteiger partial charge in [0.2, 0.25) is 0 Å². The largest absolute Gasteiger partial charge is 0.497 e. The molecule has 0 saturated carbocycles. The van der Waals surface area contributed by atoms with Crippen LogP contribution in [0, 0.1) is 0 Å². The number of hydrogen-bond donors (Lipinski definition) is 1. The average Bonchev–Trinajstić information content (AvgIpc) is 2.85. The van der Waals surface area contributed by atoms with Crippen LogP contribution in [0.5, 0.6) is 5.75 Å². The van der Waals surface area contributed by atoms with Crippen molar-refractivity contribution < 1.29 is 4.74 Å². The highest BCUT2D eigenvalue weighted by Crippen LogP contribution is 2.26. The van der Waals surface area contributed by atoms with Gasteiger partial charge in [0.1, 0.15) is 5.75 Å². The molecule has 1 aromatic rings. The molecule has 2 rings (SSSR count). The maximum atomic E-state index is 5.92. The number of nitrogens with two attached hydrogens (primary N) is 1. The molecule has 106 valence electrons. The van der Waals surface area contributed by atoms with Crippen molar-refractivity contribution in [2.24, 2.45) is 0 Å². The molecule has 1 heterocycles. The zero-order valence-electron chi connectivity index (χ0n) is 12.2. The second-order valence-corrected chi connectivity index (χ2v) is 5.27. The minimum absolute atomic E-state index is 0.655. The van der Waals surface area contributed by atoms with Crippen molar-refractivity contribution in [3.63, 3.8) is 0 Å². The van der Waals surface area contributed by atoms with Gasteiger partial charge in [-0.05, 0) is 32.0 Å². The Hall–Kier alpha value is -1.42. The Bertz CT molecular complexity index is 422. The highest BCUT2D eigenvalue weighted by Gasteiger charge is 2.24. The molecule has 0 spiro atoms. The van der Waals surface area contributed by atoms with Crippen LogP contribution in [0.3, 0.4) is 0 Å². The van der Waals surface area contributed by atoms with Crippen LogP contribution >= 0.6 is 0 Å². The van der Waals surface area contributed by atoms with E-state index in [4.69, 9.17) is 10.5 Å². The maximum absolute atomic E-state index is 5.92. The van der Waals surface area contributed by atoms with E-state index in [-0.39, 0.29) is 0 Å². The zero-order valence-corrected chi connectivity index (χ0v) is 12.2. The third-order valence-corrected chi connectivity index (χ3v) is 3.98. The number of anilines is 2. The summed E-state index contributed by atoms with van der Waals surface area (Å²) in [4.78, 5) is 4.83. The number of hydrogen-bond acceptors (Lipinski definition) is 4. The first-order chi connectivity index (χ1) is 9.13. The minimum atomic E-state index is 0.655. The predicted molar refractivity (Wildman–Crippen MR) is 80.9 cm³/mol. The molecule has 0 amide bonds. The van der Waals surface area contributed by atoms with Crippen molar-refractivity contribution in [3.8, 4) is 5.75 Å². The van der Waals surface area contributed by atoms with E-state index in [0.717, 1.165) is 30.2 Å². The number of likely N-dealkylation sites (N-methyl/N-ethyl adjacent to an activating group) is 2. The van der Waals surface area contributed by atoms with Gasteiger partial charge < -0.3 is 15.4 Å². The second kappa shape index (κ2) is 6.15. The van der Waals surface area contributed by atoms with Gasteiger partial charge in [-0.1, -0.05) is 6.92 Å². The number of ether oxygens (including phenoxy) is 1. The van der Waals surface area contributed by atoms with E-state index < -0.39 is 0 Å². The number of likely N-dealkylation sites (tertiary alicyclic amines) is 1. The summed E-state index contributed by atoms with van der Waals surface area (Å²) >= 11 is 0. The third-order valence-electron chi connectivity index (χ3n) is 3.98. The van der Waals surface area contributed by atoms with Gasteiger partial charge in [0.15, 0.2) is 0 Å². The highest BCUT2D eigenvalue weighted by atomic mass is 16.5. The van der Waals surface area contributed by atoms with Gasteiger partial charge in [-0.2, -0.15) is 0 Å². The Morgan fingerprint density at radius 1 is 1.42 bits per heavy atom. The van der Waals surface area contributed by atoms with Crippen molar-refractivity contribution in [1.82, 2.24) is 4.90 Å². The molecule has 4 nitrogen and oxygen atoms in total. The number of nitrogen functional groups attached to an aromatic ring is 1. The van der Waals surface area contributed by atoms with Crippen LogP contribution < -0.4 is 15.4 Å². The van der Waals surface area contributed by atoms with Gasteiger partial charge >= 0.3 is 0 Å². The van der Waals surface area contributed by atoms with Crippen LogP contribution in [0.25, 0.3) is 0 Å². The summed E-state index contributed by atoms with van der Waals surface area (Å²) in [5.41, 5.74) is 7.79. The Labute approximate surface area is 116 Å². The maximum Gasteiger partial charge on any atom is 0.122 e. The molecule has 1 aliphatic heterocycles. The fraction of sp³-hybridized carbons (Fsp3) is 0.600. The molecule has 0 radical (unpaired) electrons. The summed E-state index contributed by atoms with van der Waals surface area (Å²) in [6.45, 7) is 5.65. The van der Waals surface area contributed by atoms with Crippen molar-refractivity contribution in [1.29, 1.82) is 0 Å². The summed E-state index contributed by atoms with van der Waals surface area (Å²) in [6.07, 6.45) is 2.60. The summed E-state index contributed by atoms with van der Waals surface area (Å²) < 4.78 is 5.28. The van der Waals surface area contributed by atoms with Gasteiger partial charge in [0, 0.05) is 43.1 Å². The van der Waals surface area contributed by atoms with Gasteiger partial charge in [-0.25, -0.2) is 0 Å². The molecule has 1 fully saturated rings. The molecule has 4 heteroatoms. The lowest BCUT2D eigenvalue weighted by Gasteiger charge is -2.29. The Morgan fingerprint density at radius 3 is 2.89 bits per heavy atom. The topological polar surface area (TPSA) is 41.7 Å². The summed E-state index contributed by atoms with van der Waals surface area (Å²) in [6, 6.07) is 6.56. The Balaban J connectivity index is 2.06. The predicted octanol–water partition coefficient (Wildman–Crippen LogP) is 2.20. The number of benzene rings is 1. The van der Waals surface area contributed by atoms with Crippen LogP contribution in [0.1, 0.15) is 19.8 Å². The molecule has 1 aliphatic rings. The first kappa shape index (κ1) is 14.0. The zero-order chi connectivity index (χ0) is 13.8. The molecule has 19 heavy (non-hydrogen) atoms. The van der Waals surface area contributed by atoms with Crippen LogP contribution in [-0.2, 0) is 0 Å². The van der Waals surface area contributed by atoms with Crippen molar-refractivity contribution >= 4 is 11.4 Å². The van der Waals surface area contributed by atoms with E-state index in [1.165, 1.54) is 19.4 Å². The molecular weight excluding hydrogens is 238 g/mol. The molecule has 0 aliphatic carbocycles. The van der Waals surface area contributed by atoms with E-state index in [9.17, 15) is 0 Å². The van der Waals surface area contributed by atoms with E-state index in [2.05, 4.69) is 23.8 Å². The van der Waals surface area contributed by atoms with Crippen LogP contribution in [0.2, 0.25) is 0 Å². The van der Waals surface area contributed by atoms with Crippen LogP contribution in [0.15, 0.2) is 18.2 Å². The van der Waals surface area contributed by atoms with Gasteiger partial charge in [0.05, 0.1) is 7.11 Å². The van der Waals surface area contributed by atoms with E-state index >= 15 is 0 Å². The second-order valence-electron chi connectivity index (χ2n) is 5.27. The summed E-state index contributed by atoms with van der Waals surface area (Å²) in [5, 5.41) is 0. The quantitative estimate of drug-likeness (QED) is 0.827. The molecule has 2 N–H and O–H groups in total. The van der Waals surface area contributed by atoms with Crippen molar-refractivity contribution in [3.05, 3.63) is 18.2 Å². The van der Waals surface area contributed by atoms with Gasteiger partial charge in [-0.15, -0.1) is 0 Å². The Morgan fingerprint density at radius 2 is 2.21 bits per heavy atom. The molecule has 1 saturated heterocycles. The first-order valence-corrected chi connectivity index (χ1v) is 7.03. The summed E-state index contributed by atoms with van der Waals surface area (Å²) in [7, 11) is 3.80. The van der Waals surface area contributed by atoms with Gasteiger partial charge in [-0.3, -0.25) is 4.90 Å². The average molecular weight is 263 g/mol. The van der Waals surface area contributed by atoms with Crippen molar-refractivity contribution in [2.75, 3.05) is 44.4 Å². The normalized spacial score (nSPS) is 19.6. The highest BCUT2D eigenvalue weighted by molar-refractivity contribution is 5.60.